The van der Waals surface area contributed by atoms with Gasteiger partial charge in [-0.25, -0.2) is 4.98 Å². The normalized spacial score (nSPS) is 9.88. The smallest absolute Gasteiger partial charge is 0.151 e. The molecule has 1 aromatic heterocycles. The zero-order valence-corrected chi connectivity index (χ0v) is 10.3. The highest BCUT2D eigenvalue weighted by atomic mass is 32.1. The lowest BCUT2D eigenvalue weighted by Crippen LogP contribution is -2.02. The number of benzene rings is 1. The van der Waals surface area contributed by atoms with Crippen molar-refractivity contribution in [1.29, 1.82) is 5.26 Å². The average molecular weight is 244 g/mol. The Balaban J connectivity index is 1.88. The zero-order chi connectivity index (χ0) is 12.1. The summed E-state index contributed by atoms with van der Waals surface area (Å²) in [5.74, 6) is 0.907. The van der Waals surface area contributed by atoms with E-state index in [9.17, 15) is 0 Å². The number of thiazole rings is 1. The molecule has 0 saturated carbocycles. The summed E-state index contributed by atoms with van der Waals surface area (Å²) < 4.78 is 5.67. The molecule has 0 fully saturated rings. The SMILES string of the molecule is Cc1ccccc1OCCc1nc(C#N)cs1. The lowest BCUT2D eigenvalue weighted by molar-refractivity contribution is 0.319. The molecule has 0 N–H and O–H groups in total. The fraction of sp³-hybridized carbons (Fsp3) is 0.231. The second-order valence-corrected chi connectivity index (χ2v) is 4.54. The van der Waals surface area contributed by atoms with Crippen molar-refractivity contribution >= 4 is 11.3 Å². The molecule has 0 radical (unpaired) electrons. The maximum atomic E-state index is 8.65. The van der Waals surface area contributed by atoms with Gasteiger partial charge in [0, 0.05) is 11.8 Å². The molecule has 0 amide bonds. The van der Waals surface area contributed by atoms with Crippen LogP contribution in [-0.4, -0.2) is 11.6 Å². The maximum Gasteiger partial charge on any atom is 0.151 e. The minimum absolute atomic E-state index is 0.487. The Morgan fingerprint density at radius 2 is 2.24 bits per heavy atom. The van der Waals surface area contributed by atoms with E-state index in [4.69, 9.17) is 10.00 Å². The standard InChI is InChI=1S/C13H12N2OS/c1-10-4-2-3-5-12(10)16-7-6-13-15-11(8-14)9-17-13/h2-5,9H,6-7H2,1H3. The summed E-state index contributed by atoms with van der Waals surface area (Å²) in [5.41, 5.74) is 1.62. The van der Waals surface area contributed by atoms with Crippen LogP contribution >= 0.6 is 11.3 Å². The van der Waals surface area contributed by atoms with E-state index >= 15 is 0 Å². The molecule has 86 valence electrons. The number of hydrogen-bond donors (Lipinski definition) is 0. The first-order chi connectivity index (χ1) is 8.29. The van der Waals surface area contributed by atoms with E-state index in [0.717, 1.165) is 22.7 Å². The van der Waals surface area contributed by atoms with Gasteiger partial charge in [0.05, 0.1) is 11.6 Å². The summed E-state index contributed by atoms with van der Waals surface area (Å²) in [6.07, 6.45) is 0.737. The number of nitrogens with zero attached hydrogens (tertiary/aromatic N) is 2. The van der Waals surface area contributed by atoms with Gasteiger partial charge < -0.3 is 4.74 Å². The van der Waals surface area contributed by atoms with E-state index in [-0.39, 0.29) is 0 Å². The molecule has 2 aromatic rings. The van der Waals surface area contributed by atoms with Crippen molar-refractivity contribution in [3.05, 3.63) is 45.9 Å². The number of aromatic nitrogens is 1. The lowest BCUT2D eigenvalue weighted by Gasteiger charge is -2.07. The van der Waals surface area contributed by atoms with Gasteiger partial charge in [-0.2, -0.15) is 5.26 Å². The van der Waals surface area contributed by atoms with E-state index in [1.807, 2.05) is 37.3 Å². The van der Waals surface area contributed by atoms with Crippen molar-refractivity contribution in [2.75, 3.05) is 6.61 Å². The fourth-order valence-electron chi connectivity index (χ4n) is 1.44. The molecule has 3 nitrogen and oxygen atoms in total. The first kappa shape index (κ1) is 11.6. The third-order valence-electron chi connectivity index (χ3n) is 2.33. The molecule has 1 aromatic carbocycles. The molecule has 4 heteroatoms. The van der Waals surface area contributed by atoms with Crippen LogP contribution in [0, 0.1) is 18.3 Å². The quantitative estimate of drug-likeness (QED) is 0.830. The van der Waals surface area contributed by atoms with Crippen molar-refractivity contribution in [2.24, 2.45) is 0 Å². The summed E-state index contributed by atoms with van der Waals surface area (Å²) >= 11 is 1.50. The van der Waals surface area contributed by atoms with Crippen molar-refractivity contribution < 1.29 is 4.74 Å². The zero-order valence-electron chi connectivity index (χ0n) is 9.51. The van der Waals surface area contributed by atoms with E-state index in [2.05, 4.69) is 4.98 Å². The van der Waals surface area contributed by atoms with Crippen LogP contribution in [0.2, 0.25) is 0 Å². The Kier molecular flexibility index (Phi) is 3.73. The topological polar surface area (TPSA) is 45.9 Å². The van der Waals surface area contributed by atoms with Crippen LogP contribution in [0.15, 0.2) is 29.6 Å². The molecule has 0 aliphatic carbocycles. The third-order valence-corrected chi connectivity index (χ3v) is 3.24. The Morgan fingerprint density at radius 1 is 1.41 bits per heavy atom. The monoisotopic (exact) mass is 244 g/mol. The van der Waals surface area contributed by atoms with Gasteiger partial charge in [0.25, 0.3) is 0 Å². The molecule has 0 unspecified atom stereocenters. The number of rotatable bonds is 4. The van der Waals surface area contributed by atoms with Gasteiger partial charge in [-0.3, -0.25) is 0 Å². The van der Waals surface area contributed by atoms with E-state index in [1.165, 1.54) is 11.3 Å². The van der Waals surface area contributed by atoms with Gasteiger partial charge in [0.2, 0.25) is 0 Å². The van der Waals surface area contributed by atoms with E-state index < -0.39 is 0 Å². The number of nitriles is 1. The Hall–Kier alpha value is -1.86. The largest absolute Gasteiger partial charge is 0.493 e. The summed E-state index contributed by atoms with van der Waals surface area (Å²) in [4.78, 5) is 4.16. The molecule has 1 heterocycles. The van der Waals surface area contributed by atoms with Crippen LogP contribution in [0.3, 0.4) is 0 Å². The van der Waals surface area contributed by atoms with Gasteiger partial charge in [0.15, 0.2) is 5.69 Å². The molecule has 0 saturated heterocycles. The van der Waals surface area contributed by atoms with E-state index in [0.29, 0.717) is 12.3 Å². The second kappa shape index (κ2) is 5.46. The van der Waals surface area contributed by atoms with Crippen LogP contribution in [0.25, 0.3) is 0 Å². The fourth-order valence-corrected chi connectivity index (χ4v) is 2.15. The molecular weight excluding hydrogens is 232 g/mol. The van der Waals surface area contributed by atoms with Crippen molar-refractivity contribution in [1.82, 2.24) is 4.98 Å². The Morgan fingerprint density at radius 3 is 2.94 bits per heavy atom. The third kappa shape index (κ3) is 3.05. The Bertz CT molecular complexity index is 542. The highest BCUT2D eigenvalue weighted by Crippen LogP contribution is 2.17. The van der Waals surface area contributed by atoms with E-state index in [1.54, 1.807) is 5.38 Å². The van der Waals surface area contributed by atoms with Crippen molar-refractivity contribution in [3.63, 3.8) is 0 Å². The minimum atomic E-state index is 0.487. The number of ether oxygens (including phenoxy) is 1. The summed E-state index contributed by atoms with van der Waals surface area (Å²) in [6, 6.07) is 9.95. The summed E-state index contributed by atoms with van der Waals surface area (Å²) in [7, 11) is 0. The minimum Gasteiger partial charge on any atom is -0.493 e. The highest BCUT2D eigenvalue weighted by Gasteiger charge is 2.02. The predicted octanol–water partition coefficient (Wildman–Crippen LogP) is 2.94. The van der Waals surface area contributed by atoms with Crippen LogP contribution < -0.4 is 4.74 Å². The Labute approximate surface area is 104 Å². The second-order valence-electron chi connectivity index (χ2n) is 3.60. The molecule has 0 spiro atoms. The molecule has 0 aliphatic heterocycles. The van der Waals surface area contributed by atoms with Gasteiger partial charge in [-0.1, -0.05) is 18.2 Å². The van der Waals surface area contributed by atoms with Crippen molar-refractivity contribution in [3.8, 4) is 11.8 Å². The average Bonchev–Trinajstić information content (AvgIpc) is 2.80. The molecule has 17 heavy (non-hydrogen) atoms. The summed E-state index contributed by atoms with van der Waals surface area (Å²) in [6.45, 7) is 2.61. The van der Waals surface area contributed by atoms with Crippen molar-refractivity contribution in [2.45, 2.75) is 13.3 Å². The van der Waals surface area contributed by atoms with Gasteiger partial charge >= 0.3 is 0 Å². The van der Waals surface area contributed by atoms with Crippen LogP contribution in [0.5, 0.6) is 5.75 Å². The molecular formula is C13H12N2OS. The number of hydrogen-bond acceptors (Lipinski definition) is 4. The summed E-state index contributed by atoms with van der Waals surface area (Å²) in [5, 5.41) is 11.4. The lowest BCUT2D eigenvalue weighted by atomic mass is 10.2. The first-order valence-electron chi connectivity index (χ1n) is 5.32. The molecule has 0 aliphatic rings. The molecule has 0 atom stereocenters. The van der Waals surface area contributed by atoms with Crippen LogP contribution in [0.1, 0.15) is 16.3 Å². The van der Waals surface area contributed by atoms with Gasteiger partial charge in [-0.15, -0.1) is 11.3 Å². The first-order valence-corrected chi connectivity index (χ1v) is 6.20. The highest BCUT2D eigenvalue weighted by molar-refractivity contribution is 7.09. The van der Waals surface area contributed by atoms with Crippen LogP contribution in [0.4, 0.5) is 0 Å². The number of para-hydroxylation sites is 1. The van der Waals surface area contributed by atoms with Gasteiger partial charge in [0.1, 0.15) is 11.8 Å². The van der Waals surface area contributed by atoms with Crippen LogP contribution in [-0.2, 0) is 6.42 Å². The maximum absolute atomic E-state index is 8.65. The molecule has 0 bridgehead atoms. The number of aryl methyl sites for hydroxylation is 1. The molecule has 2 rings (SSSR count). The predicted molar refractivity (Wildman–Crippen MR) is 67.2 cm³/mol. The van der Waals surface area contributed by atoms with Gasteiger partial charge in [-0.05, 0) is 18.6 Å².